The molecule has 0 bridgehead atoms. The minimum Gasteiger partial charge on any atom is -0.326 e. The molecular weight excluding hydrogens is 288 g/mol. The summed E-state index contributed by atoms with van der Waals surface area (Å²) in [4.78, 5) is 23.8. The summed E-state index contributed by atoms with van der Waals surface area (Å²) in [6.07, 6.45) is 1.37. The number of rotatable bonds is 4. The lowest BCUT2D eigenvalue weighted by molar-refractivity contribution is -0.116. The van der Waals surface area contributed by atoms with Crippen molar-refractivity contribution in [3.05, 3.63) is 65.2 Å². The van der Waals surface area contributed by atoms with Crippen LogP contribution in [0.5, 0.6) is 0 Å². The zero-order valence-electron chi connectivity index (χ0n) is 13.1. The predicted molar refractivity (Wildman–Crippen MR) is 90.6 cm³/mol. The van der Waals surface area contributed by atoms with Crippen LogP contribution in [0.3, 0.4) is 0 Å². The Morgan fingerprint density at radius 3 is 2.83 bits per heavy atom. The van der Waals surface area contributed by atoms with E-state index in [-0.39, 0.29) is 17.7 Å². The van der Waals surface area contributed by atoms with Crippen molar-refractivity contribution in [3.8, 4) is 0 Å². The van der Waals surface area contributed by atoms with Gasteiger partial charge < -0.3 is 10.6 Å². The summed E-state index contributed by atoms with van der Waals surface area (Å²) < 4.78 is 0. The van der Waals surface area contributed by atoms with E-state index in [9.17, 15) is 9.59 Å². The van der Waals surface area contributed by atoms with Gasteiger partial charge in [0.25, 0.3) is 0 Å². The highest BCUT2D eigenvalue weighted by Gasteiger charge is 2.21. The van der Waals surface area contributed by atoms with E-state index in [0.717, 1.165) is 13.0 Å². The maximum atomic E-state index is 12.3. The smallest absolute Gasteiger partial charge is 0.226 e. The molecule has 0 saturated carbocycles. The van der Waals surface area contributed by atoms with Crippen LogP contribution in [0, 0.1) is 0 Å². The van der Waals surface area contributed by atoms with Crippen LogP contribution in [-0.4, -0.2) is 18.2 Å². The van der Waals surface area contributed by atoms with Gasteiger partial charge in [-0.25, -0.2) is 0 Å². The molecule has 3 rings (SSSR count). The molecule has 1 aliphatic heterocycles. The highest BCUT2D eigenvalue weighted by atomic mass is 16.1. The van der Waals surface area contributed by atoms with Gasteiger partial charge in [0.15, 0.2) is 5.78 Å². The number of nitrogens with one attached hydrogen (secondary N) is 2. The summed E-state index contributed by atoms with van der Waals surface area (Å²) >= 11 is 0. The molecule has 0 fully saturated rings. The first-order valence-corrected chi connectivity index (χ1v) is 7.85. The quantitative estimate of drug-likeness (QED) is 0.853. The van der Waals surface area contributed by atoms with Crippen LogP contribution >= 0.6 is 0 Å². The van der Waals surface area contributed by atoms with Crippen LogP contribution < -0.4 is 10.6 Å². The Balaban J connectivity index is 1.69. The maximum absolute atomic E-state index is 12.3. The van der Waals surface area contributed by atoms with Gasteiger partial charge in [-0.2, -0.15) is 0 Å². The molecule has 0 aliphatic carbocycles. The summed E-state index contributed by atoms with van der Waals surface area (Å²) in [6.45, 7) is 2.40. The molecule has 1 amide bonds. The fourth-order valence-corrected chi connectivity index (χ4v) is 2.99. The van der Waals surface area contributed by atoms with Crippen LogP contribution in [0.1, 0.15) is 40.9 Å². The molecule has 1 atom stereocenters. The molecule has 0 aromatic heterocycles. The van der Waals surface area contributed by atoms with E-state index < -0.39 is 0 Å². The van der Waals surface area contributed by atoms with Crippen molar-refractivity contribution < 1.29 is 9.59 Å². The average molecular weight is 308 g/mol. The molecule has 23 heavy (non-hydrogen) atoms. The molecule has 0 radical (unpaired) electrons. The Hall–Kier alpha value is -2.46. The maximum Gasteiger partial charge on any atom is 0.226 e. The monoisotopic (exact) mass is 308 g/mol. The number of Topliss-reactive ketones (excluding diaryl/α,β-unsaturated/α-hetero) is 1. The molecular formula is C19H20N2O2. The molecule has 1 heterocycles. The molecule has 0 saturated heterocycles. The predicted octanol–water partition coefficient (Wildman–Crippen LogP) is 3.10. The van der Waals surface area contributed by atoms with Gasteiger partial charge in [-0.15, -0.1) is 0 Å². The number of benzene rings is 2. The molecule has 2 aromatic carbocycles. The highest BCUT2D eigenvalue weighted by molar-refractivity contribution is 5.97. The molecule has 1 unspecified atom stereocenters. The van der Waals surface area contributed by atoms with Crippen molar-refractivity contribution in [2.75, 3.05) is 11.9 Å². The first-order valence-electron chi connectivity index (χ1n) is 7.85. The second-order valence-corrected chi connectivity index (χ2v) is 5.84. The molecule has 2 aromatic rings. The Kier molecular flexibility index (Phi) is 4.53. The molecule has 0 spiro atoms. The van der Waals surface area contributed by atoms with E-state index in [1.165, 1.54) is 18.1 Å². The van der Waals surface area contributed by atoms with Crippen molar-refractivity contribution in [1.82, 2.24) is 5.32 Å². The van der Waals surface area contributed by atoms with E-state index in [1.54, 1.807) is 24.3 Å². The first-order chi connectivity index (χ1) is 11.1. The number of ketones is 1. The largest absolute Gasteiger partial charge is 0.326 e. The standard InChI is InChI=1S/C19H20N2O2/c1-13(22)15-6-4-7-16(11-15)21-19(23)12-18-17-8-3-2-5-14(17)9-10-20-18/h2-8,11,18,20H,9-10,12H2,1H3,(H,21,23). The minimum absolute atomic E-state index is 0.0102. The van der Waals surface area contributed by atoms with E-state index >= 15 is 0 Å². The molecule has 1 aliphatic rings. The van der Waals surface area contributed by atoms with Crippen LogP contribution in [0.25, 0.3) is 0 Å². The average Bonchev–Trinajstić information content (AvgIpc) is 2.55. The summed E-state index contributed by atoms with van der Waals surface area (Å²) in [5.74, 6) is -0.0659. The van der Waals surface area contributed by atoms with Crippen molar-refractivity contribution in [3.63, 3.8) is 0 Å². The number of hydrogen-bond donors (Lipinski definition) is 2. The third kappa shape index (κ3) is 3.66. The SMILES string of the molecule is CC(=O)c1cccc(NC(=O)CC2NCCc3ccccc32)c1. The van der Waals surface area contributed by atoms with Gasteiger partial charge in [-0.1, -0.05) is 36.4 Å². The summed E-state index contributed by atoms with van der Waals surface area (Å²) in [5.41, 5.74) is 3.77. The second-order valence-electron chi connectivity index (χ2n) is 5.84. The number of amides is 1. The van der Waals surface area contributed by atoms with Crippen molar-refractivity contribution in [1.29, 1.82) is 0 Å². The molecule has 2 N–H and O–H groups in total. The normalized spacial score (nSPS) is 16.5. The first kappa shape index (κ1) is 15.4. The third-order valence-electron chi connectivity index (χ3n) is 4.16. The number of hydrogen-bond acceptors (Lipinski definition) is 3. The summed E-state index contributed by atoms with van der Waals surface area (Å²) in [5, 5.41) is 6.29. The topological polar surface area (TPSA) is 58.2 Å². The zero-order valence-corrected chi connectivity index (χ0v) is 13.1. The lowest BCUT2D eigenvalue weighted by Gasteiger charge is -2.26. The lowest BCUT2D eigenvalue weighted by atomic mass is 9.92. The fourth-order valence-electron chi connectivity index (χ4n) is 2.99. The molecule has 4 nitrogen and oxygen atoms in total. The lowest BCUT2D eigenvalue weighted by Crippen LogP contribution is -2.32. The number of anilines is 1. The van der Waals surface area contributed by atoms with E-state index in [2.05, 4.69) is 22.8 Å². The van der Waals surface area contributed by atoms with Crippen molar-refractivity contribution >= 4 is 17.4 Å². The van der Waals surface area contributed by atoms with E-state index in [0.29, 0.717) is 17.7 Å². The van der Waals surface area contributed by atoms with Gasteiger partial charge in [0.2, 0.25) is 5.91 Å². The van der Waals surface area contributed by atoms with Gasteiger partial charge in [-0.3, -0.25) is 9.59 Å². The van der Waals surface area contributed by atoms with Crippen LogP contribution in [0.2, 0.25) is 0 Å². The second kappa shape index (κ2) is 6.75. The van der Waals surface area contributed by atoms with Gasteiger partial charge in [0.1, 0.15) is 0 Å². The number of carbonyl (C=O) groups is 2. The van der Waals surface area contributed by atoms with Crippen molar-refractivity contribution in [2.45, 2.75) is 25.8 Å². The van der Waals surface area contributed by atoms with Crippen LogP contribution in [0.15, 0.2) is 48.5 Å². The van der Waals surface area contributed by atoms with Gasteiger partial charge in [0, 0.05) is 23.7 Å². The fraction of sp³-hybridized carbons (Fsp3) is 0.263. The Bertz CT molecular complexity index is 740. The summed E-state index contributed by atoms with van der Waals surface area (Å²) in [7, 11) is 0. The zero-order chi connectivity index (χ0) is 16.2. The number of fused-ring (bicyclic) bond motifs is 1. The van der Waals surface area contributed by atoms with Crippen molar-refractivity contribution in [2.24, 2.45) is 0 Å². The Morgan fingerprint density at radius 1 is 1.17 bits per heavy atom. The molecule has 4 heteroatoms. The van der Waals surface area contributed by atoms with Gasteiger partial charge >= 0.3 is 0 Å². The minimum atomic E-state index is -0.0556. The summed E-state index contributed by atoms with van der Waals surface area (Å²) in [6, 6.07) is 15.3. The van der Waals surface area contributed by atoms with Crippen LogP contribution in [0.4, 0.5) is 5.69 Å². The van der Waals surface area contributed by atoms with Gasteiger partial charge in [0.05, 0.1) is 0 Å². The highest BCUT2D eigenvalue weighted by Crippen LogP contribution is 2.25. The van der Waals surface area contributed by atoms with E-state index in [1.807, 2.05) is 12.1 Å². The number of carbonyl (C=O) groups excluding carboxylic acids is 2. The van der Waals surface area contributed by atoms with Crippen LogP contribution in [-0.2, 0) is 11.2 Å². The van der Waals surface area contributed by atoms with Gasteiger partial charge in [-0.05, 0) is 43.1 Å². The third-order valence-corrected chi connectivity index (χ3v) is 4.16. The van der Waals surface area contributed by atoms with E-state index in [4.69, 9.17) is 0 Å². The molecule has 118 valence electrons. The Morgan fingerprint density at radius 2 is 2.00 bits per heavy atom. The Labute approximate surface area is 135 Å².